The van der Waals surface area contributed by atoms with E-state index in [2.05, 4.69) is 52.0 Å². The zero-order valence-electron chi connectivity index (χ0n) is 14.4. The molecule has 1 fully saturated rings. The third-order valence-corrected chi connectivity index (χ3v) is 4.99. The Kier molecular flexibility index (Phi) is 3.92. The van der Waals surface area contributed by atoms with E-state index in [9.17, 15) is 0 Å². The predicted octanol–water partition coefficient (Wildman–Crippen LogP) is 3.81. The smallest absolute Gasteiger partial charge is 0.168 e. The predicted molar refractivity (Wildman–Crippen MR) is 96.8 cm³/mol. The molecule has 0 atom stereocenters. The van der Waals surface area contributed by atoms with Gasteiger partial charge in [0.2, 0.25) is 0 Å². The van der Waals surface area contributed by atoms with Crippen molar-refractivity contribution >= 4 is 16.9 Å². The Balaban J connectivity index is 1.79. The number of nitrogens with zero attached hydrogens (tertiary/aromatic N) is 5. The van der Waals surface area contributed by atoms with E-state index in [0.29, 0.717) is 0 Å². The maximum Gasteiger partial charge on any atom is 0.168 e. The van der Waals surface area contributed by atoms with E-state index in [4.69, 9.17) is 0 Å². The van der Waals surface area contributed by atoms with Crippen molar-refractivity contribution in [2.45, 2.75) is 39.5 Å². The Morgan fingerprint density at radius 3 is 2.46 bits per heavy atom. The fourth-order valence-electron chi connectivity index (χ4n) is 3.41. The fourth-order valence-corrected chi connectivity index (χ4v) is 3.41. The molecule has 0 N–H and O–H groups in total. The molecule has 0 aliphatic carbocycles. The van der Waals surface area contributed by atoms with Crippen molar-refractivity contribution in [1.82, 2.24) is 19.7 Å². The third-order valence-electron chi connectivity index (χ3n) is 4.99. The van der Waals surface area contributed by atoms with Gasteiger partial charge in [-0.25, -0.2) is 14.6 Å². The van der Waals surface area contributed by atoms with Crippen molar-refractivity contribution in [2.75, 3.05) is 18.0 Å². The quantitative estimate of drug-likeness (QED) is 0.720. The number of hydrogen-bond donors (Lipinski definition) is 0. The van der Waals surface area contributed by atoms with Crippen molar-refractivity contribution in [1.29, 1.82) is 0 Å². The minimum Gasteiger partial charge on any atom is -0.356 e. The van der Waals surface area contributed by atoms with E-state index in [1.165, 1.54) is 36.8 Å². The van der Waals surface area contributed by atoms with E-state index < -0.39 is 0 Å². The lowest BCUT2D eigenvalue weighted by Crippen LogP contribution is -2.25. The minimum absolute atomic E-state index is 0.882. The second kappa shape index (κ2) is 6.23. The zero-order chi connectivity index (χ0) is 16.5. The average molecular weight is 321 g/mol. The van der Waals surface area contributed by atoms with Gasteiger partial charge in [0.15, 0.2) is 5.65 Å². The molecule has 5 heteroatoms. The van der Waals surface area contributed by atoms with Crippen LogP contribution in [0.5, 0.6) is 0 Å². The van der Waals surface area contributed by atoms with Crippen molar-refractivity contribution in [3.63, 3.8) is 0 Å². The molecule has 24 heavy (non-hydrogen) atoms. The summed E-state index contributed by atoms with van der Waals surface area (Å²) in [6.45, 7) is 6.39. The van der Waals surface area contributed by atoms with Gasteiger partial charge in [0.25, 0.3) is 0 Å². The Bertz CT molecular complexity index is 859. The van der Waals surface area contributed by atoms with Gasteiger partial charge in [0.05, 0.1) is 17.3 Å². The number of anilines is 1. The number of rotatable bonds is 2. The molecule has 0 bridgehead atoms. The molecule has 0 saturated carbocycles. The van der Waals surface area contributed by atoms with Crippen LogP contribution in [0.15, 0.2) is 30.7 Å². The normalized spacial score (nSPS) is 15.7. The lowest BCUT2D eigenvalue weighted by atomic mass is 10.1. The van der Waals surface area contributed by atoms with Gasteiger partial charge in [-0.15, -0.1) is 0 Å². The van der Waals surface area contributed by atoms with E-state index in [1.807, 2.05) is 10.9 Å². The van der Waals surface area contributed by atoms with Crippen LogP contribution in [0, 0.1) is 13.8 Å². The number of fused-ring (bicyclic) bond motifs is 1. The fraction of sp³-hybridized carbons (Fsp3) is 0.421. The minimum atomic E-state index is 0.882. The molecule has 3 heterocycles. The summed E-state index contributed by atoms with van der Waals surface area (Å²) in [5, 5.41) is 5.64. The molecule has 5 nitrogen and oxygen atoms in total. The van der Waals surface area contributed by atoms with Crippen molar-refractivity contribution in [3.8, 4) is 5.69 Å². The maximum absolute atomic E-state index is 4.60. The summed E-state index contributed by atoms with van der Waals surface area (Å²) in [7, 11) is 0. The lowest BCUT2D eigenvalue weighted by molar-refractivity contribution is 0.726. The highest BCUT2D eigenvalue weighted by Gasteiger charge is 2.17. The van der Waals surface area contributed by atoms with Crippen LogP contribution >= 0.6 is 0 Å². The maximum atomic E-state index is 4.60. The highest BCUT2D eigenvalue weighted by Crippen LogP contribution is 2.27. The first-order valence-corrected chi connectivity index (χ1v) is 8.75. The molecule has 1 saturated heterocycles. The molecule has 2 aromatic heterocycles. The van der Waals surface area contributed by atoms with E-state index >= 15 is 0 Å². The summed E-state index contributed by atoms with van der Waals surface area (Å²) in [4.78, 5) is 11.5. The molecule has 1 aromatic carbocycles. The summed E-state index contributed by atoms with van der Waals surface area (Å²) >= 11 is 0. The Morgan fingerprint density at radius 2 is 1.71 bits per heavy atom. The molecule has 1 aliphatic rings. The zero-order valence-corrected chi connectivity index (χ0v) is 14.4. The van der Waals surface area contributed by atoms with Crippen LogP contribution in [0.3, 0.4) is 0 Å². The Labute approximate surface area is 142 Å². The third kappa shape index (κ3) is 2.64. The van der Waals surface area contributed by atoms with Crippen LogP contribution in [-0.4, -0.2) is 32.8 Å². The standard InChI is InChI=1S/C19H23N5/c1-14-7-8-16(11-15(14)2)24-19-17(12-22-24)18(20-13-21-19)23-9-5-3-4-6-10-23/h7-8,11-13H,3-6,9-10H2,1-2H3. The number of hydrogen-bond acceptors (Lipinski definition) is 4. The summed E-state index contributed by atoms with van der Waals surface area (Å²) in [5.41, 5.74) is 4.48. The molecule has 0 spiro atoms. The summed E-state index contributed by atoms with van der Waals surface area (Å²) in [6.07, 6.45) is 8.67. The largest absolute Gasteiger partial charge is 0.356 e. The first kappa shape index (κ1) is 15.1. The van der Waals surface area contributed by atoms with Gasteiger partial charge in [-0.05, 0) is 49.9 Å². The van der Waals surface area contributed by atoms with Crippen LogP contribution in [0.25, 0.3) is 16.7 Å². The number of benzene rings is 1. The molecule has 0 radical (unpaired) electrons. The second-order valence-corrected chi connectivity index (χ2v) is 6.66. The summed E-state index contributed by atoms with van der Waals surface area (Å²) < 4.78 is 1.92. The number of aromatic nitrogens is 4. The van der Waals surface area contributed by atoms with Crippen LogP contribution < -0.4 is 4.90 Å². The first-order chi connectivity index (χ1) is 11.7. The molecule has 4 rings (SSSR count). The summed E-state index contributed by atoms with van der Waals surface area (Å²) in [6, 6.07) is 6.40. The molecule has 1 aliphatic heterocycles. The molecule has 124 valence electrons. The van der Waals surface area contributed by atoms with Gasteiger partial charge >= 0.3 is 0 Å². The first-order valence-electron chi connectivity index (χ1n) is 8.75. The van der Waals surface area contributed by atoms with Crippen LogP contribution in [0.1, 0.15) is 36.8 Å². The van der Waals surface area contributed by atoms with Crippen molar-refractivity contribution < 1.29 is 0 Å². The van der Waals surface area contributed by atoms with E-state index in [1.54, 1.807) is 6.33 Å². The van der Waals surface area contributed by atoms with Crippen LogP contribution in [-0.2, 0) is 0 Å². The van der Waals surface area contributed by atoms with E-state index in [0.717, 1.165) is 35.6 Å². The SMILES string of the molecule is Cc1ccc(-n2ncc3c(N4CCCCCC4)ncnc32)cc1C. The highest BCUT2D eigenvalue weighted by molar-refractivity contribution is 5.87. The van der Waals surface area contributed by atoms with Gasteiger partial charge in [-0.3, -0.25) is 0 Å². The average Bonchev–Trinajstić information content (AvgIpc) is 2.84. The van der Waals surface area contributed by atoms with Crippen LogP contribution in [0.4, 0.5) is 5.82 Å². The lowest BCUT2D eigenvalue weighted by Gasteiger charge is -2.21. The molecule has 0 amide bonds. The van der Waals surface area contributed by atoms with Gasteiger partial charge in [-0.1, -0.05) is 18.9 Å². The number of aryl methyl sites for hydroxylation is 2. The molecular formula is C19H23N5. The molecular weight excluding hydrogens is 298 g/mol. The topological polar surface area (TPSA) is 46.8 Å². The Hall–Kier alpha value is -2.43. The second-order valence-electron chi connectivity index (χ2n) is 6.66. The van der Waals surface area contributed by atoms with Gasteiger partial charge < -0.3 is 4.90 Å². The monoisotopic (exact) mass is 321 g/mol. The Morgan fingerprint density at radius 1 is 0.917 bits per heavy atom. The van der Waals surface area contributed by atoms with Crippen molar-refractivity contribution in [3.05, 3.63) is 41.9 Å². The highest BCUT2D eigenvalue weighted by atomic mass is 15.3. The van der Waals surface area contributed by atoms with Gasteiger partial charge in [0.1, 0.15) is 12.1 Å². The van der Waals surface area contributed by atoms with Crippen LogP contribution in [0.2, 0.25) is 0 Å². The molecule has 3 aromatic rings. The summed E-state index contributed by atoms with van der Waals surface area (Å²) in [5.74, 6) is 1.02. The van der Waals surface area contributed by atoms with Gasteiger partial charge in [-0.2, -0.15) is 5.10 Å². The molecule has 0 unspecified atom stereocenters. The van der Waals surface area contributed by atoms with Gasteiger partial charge in [0, 0.05) is 13.1 Å². The van der Waals surface area contributed by atoms with E-state index in [-0.39, 0.29) is 0 Å². The van der Waals surface area contributed by atoms with Crippen molar-refractivity contribution in [2.24, 2.45) is 0 Å².